The first-order valence-corrected chi connectivity index (χ1v) is 8.10. The molecule has 0 bridgehead atoms. The van der Waals surface area contributed by atoms with E-state index < -0.39 is 0 Å². The van der Waals surface area contributed by atoms with Crippen molar-refractivity contribution in [1.82, 2.24) is 10.3 Å². The Bertz CT molecular complexity index is 557. The smallest absolute Gasteiger partial charge is 0.119 e. The van der Waals surface area contributed by atoms with Gasteiger partial charge in [0.05, 0.1) is 12.6 Å². The average molecular weight is 349 g/mol. The molecule has 0 saturated carbocycles. The van der Waals surface area contributed by atoms with Crippen molar-refractivity contribution in [3.05, 3.63) is 58.3 Å². The number of halogens is 1. The summed E-state index contributed by atoms with van der Waals surface area (Å²) in [5, 5.41) is 3.58. The predicted octanol–water partition coefficient (Wildman–Crippen LogP) is 4.33. The minimum Gasteiger partial charge on any atom is -0.494 e. The van der Waals surface area contributed by atoms with Crippen molar-refractivity contribution in [2.24, 2.45) is 0 Å². The number of ether oxygens (including phenoxy) is 1. The molecule has 2 aromatic rings. The molecule has 2 rings (SSSR count). The highest BCUT2D eigenvalue weighted by Crippen LogP contribution is 2.25. The molecule has 0 saturated heterocycles. The fourth-order valence-corrected chi connectivity index (χ4v) is 2.61. The average Bonchev–Trinajstić information content (AvgIpc) is 2.50. The number of rotatable bonds is 7. The summed E-state index contributed by atoms with van der Waals surface area (Å²) in [5.74, 6) is 0.905. The normalized spacial score (nSPS) is 12.1. The Balaban J connectivity index is 2.26. The van der Waals surface area contributed by atoms with E-state index in [2.05, 4.69) is 51.4 Å². The van der Waals surface area contributed by atoms with Crippen LogP contribution in [-0.2, 0) is 0 Å². The second-order valence-electron chi connectivity index (χ2n) is 4.83. The van der Waals surface area contributed by atoms with Crippen molar-refractivity contribution in [3.63, 3.8) is 0 Å². The van der Waals surface area contributed by atoms with Gasteiger partial charge in [-0.15, -0.1) is 0 Å². The van der Waals surface area contributed by atoms with Crippen molar-refractivity contribution in [2.75, 3.05) is 13.2 Å². The maximum atomic E-state index is 5.51. The summed E-state index contributed by atoms with van der Waals surface area (Å²) < 4.78 is 6.50. The van der Waals surface area contributed by atoms with Crippen LogP contribution in [-0.4, -0.2) is 18.1 Å². The number of pyridine rings is 1. The van der Waals surface area contributed by atoms with Crippen LogP contribution < -0.4 is 10.1 Å². The van der Waals surface area contributed by atoms with Crippen LogP contribution in [0.1, 0.15) is 37.4 Å². The molecule has 0 aliphatic carbocycles. The first kappa shape index (κ1) is 16.0. The zero-order valence-corrected chi connectivity index (χ0v) is 14.1. The van der Waals surface area contributed by atoms with Gasteiger partial charge in [-0.05, 0) is 65.1 Å². The Morgan fingerprint density at radius 1 is 1.14 bits per heavy atom. The van der Waals surface area contributed by atoms with E-state index in [0.29, 0.717) is 6.61 Å². The number of hydrogen-bond donors (Lipinski definition) is 1. The molecule has 0 spiro atoms. The van der Waals surface area contributed by atoms with Crippen molar-refractivity contribution < 1.29 is 4.74 Å². The van der Waals surface area contributed by atoms with E-state index in [-0.39, 0.29) is 6.04 Å². The van der Waals surface area contributed by atoms with E-state index >= 15 is 0 Å². The van der Waals surface area contributed by atoms with Crippen LogP contribution in [0.3, 0.4) is 0 Å². The molecule has 4 heteroatoms. The van der Waals surface area contributed by atoms with Gasteiger partial charge in [0, 0.05) is 16.9 Å². The van der Waals surface area contributed by atoms with Crippen LogP contribution in [0.15, 0.2) is 47.2 Å². The van der Waals surface area contributed by atoms with Gasteiger partial charge < -0.3 is 10.1 Å². The van der Waals surface area contributed by atoms with Crippen LogP contribution >= 0.6 is 15.9 Å². The molecule has 1 aromatic carbocycles. The predicted molar refractivity (Wildman–Crippen MR) is 89.7 cm³/mol. The van der Waals surface area contributed by atoms with E-state index in [1.54, 1.807) is 6.20 Å². The first-order valence-electron chi connectivity index (χ1n) is 7.31. The van der Waals surface area contributed by atoms with Gasteiger partial charge in [-0.25, -0.2) is 0 Å². The number of nitrogens with one attached hydrogen (secondary N) is 1. The highest BCUT2D eigenvalue weighted by molar-refractivity contribution is 9.10. The minimum absolute atomic E-state index is 0.144. The third-order valence-corrected chi connectivity index (χ3v) is 3.62. The zero-order chi connectivity index (χ0) is 15.1. The lowest BCUT2D eigenvalue weighted by Crippen LogP contribution is -2.23. The molecule has 1 heterocycles. The van der Waals surface area contributed by atoms with Gasteiger partial charge in [-0.1, -0.05) is 19.1 Å². The van der Waals surface area contributed by atoms with E-state index in [1.807, 2.05) is 25.3 Å². The zero-order valence-electron chi connectivity index (χ0n) is 12.5. The standard InChI is InChI=1S/C17H21BrN2O/c1-3-9-20-17(14-10-15(18)12-19-11-14)13-5-7-16(8-6-13)21-4-2/h5-8,10-12,17,20H,3-4,9H2,1-2H3. The molecule has 1 aromatic heterocycles. The second-order valence-corrected chi connectivity index (χ2v) is 5.74. The third-order valence-electron chi connectivity index (χ3n) is 3.18. The molecule has 0 fully saturated rings. The maximum Gasteiger partial charge on any atom is 0.119 e. The molecular weight excluding hydrogens is 328 g/mol. The first-order chi connectivity index (χ1) is 10.2. The van der Waals surface area contributed by atoms with Crippen LogP contribution in [0.4, 0.5) is 0 Å². The van der Waals surface area contributed by atoms with E-state index in [9.17, 15) is 0 Å². The topological polar surface area (TPSA) is 34.1 Å². The minimum atomic E-state index is 0.144. The third kappa shape index (κ3) is 4.55. The van der Waals surface area contributed by atoms with E-state index in [0.717, 1.165) is 28.8 Å². The summed E-state index contributed by atoms with van der Waals surface area (Å²) in [7, 11) is 0. The van der Waals surface area contributed by atoms with Gasteiger partial charge in [0.1, 0.15) is 5.75 Å². The summed E-state index contributed by atoms with van der Waals surface area (Å²) in [6.07, 6.45) is 4.81. The monoisotopic (exact) mass is 348 g/mol. The number of hydrogen-bond acceptors (Lipinski definition) is 3. The Morgan fingerprint density at radius 2 is 1.90 bits per heavy atom. The van der Waals surface area contributed by atoms with E-state index in [4.69, 9.17) is 4.74 Å². The van der Waals surface area contributed by atoms with Crippen molar-refractivity contribution in [3.8, 4) is 5.75 Å². The van der Waals surface area contributed by atoms with Crippen LogP contribution in [0, 0.1) is 0 Å². The molecule has 1 atom stereocenters. The molecule has 112 valence electrons. The fraction of sp³-hybridized carbons (Fsp3) is 0.353. The lowest BCUT2D eigenvalue weighted by atomic mass is 10.00. The Hall–Kier alpha value is -1.39. The van der Waals surface area contributed by atoms with Gasteiger partial charge in [-0.2, -0.15) is 0 Å². The summed E-state index contributed by atoms with van der Waals surface area (Å²) in [6.45, 7) is 5.81. The molecule has 0 radical (unpaired) electrons. The molecule has 0 aliphatic rings. The molecule has 1 N–H and O–H groups in total. The van der Waals surface area contributed by atoms with Crippen LogP contribution in [0.2, 0.25) is 0 Å². The summed E-state index contributed by atoms with van der Waals surface area (Å²) in [5.41, 5.74) is 2.37. The summed E-state index contributed by atoms with van der Waals surface area (Å²) >= 11 is 3.49. The van der Waals surface area contributed by atoms with Crippen molar-refractivity contribution >= 4 is 15.9 Å². The number of aromatic nitrogens is 1. The number of nitrogens with zero attached hydrogens (tertiary/aromatic N) is 1. The quantitative estimate of drug-likeness (QED) is 0.808. The largest absolute Gasteiger partial charge is 0.494 e. The Kier molecular flexibility index (Phi) is 6.21. The van der Waals surface area contributed by atoms with E-state index in [1.165, 1.54) is 5.56 Å². The molecule has 21 heavy (non-hydrogen) atoms. The molecule has 1 unspecified atom stereocenters. The summed E-state index contributed by atoms with van der Waals surface area (Å²) in [6, 6.07) is 10.5. The second kappa shape index (κ2) is 8.15. The van der Waals surface area contributed by atoms with Gasteiger partial charge in [-0.3, -0.25) is 4.98 Å². The maximum absolute atomic E-state index is 5.51. The summed E-state index contributed by atoms with van der Waals surface area (Å²) in [4.78, 5) is 4.27. The molecule has 0 amide bonds. The van der Waals surface area contributed by atoms with Crippen LogP contribution in [0.25, 0.3) is 0 Å². The Labute approximate surface area is 134 Å². The van der Waals surface area contributed by atoms with Crippen LogP contribution in [0.5, 0.6) is 5.75 Å². The van der Waals surface area contributed by atoms with Gasteiger partial charge >= 0.3 is 0 Å². The molecular formula is C17H21BrN2O. The SMILES string of the molecule is CCCNC(c1ccc(OCC)cc1)c1cncc(Br)c1. The Morgan fingerprint density at radius 3 is 2.52 bits per heavy atom. The molecule has 0 aliphatic heterocycles. The number of benzene rings is 1. The van der Waals surface area contributed by atoms with Gasteiger partial charge in [0.15, 0.2) is 0 Å². The lowest BCUT2D eigenvalue weighted by Gasteiger charge is -2.20. The highest BCUT2D eigenvalue weighted by atomic mass is 79.9. The lowest BCUT2D eigenvalue weighted by molar-refractivity contribution is 0.340. The highest BCUT2D eigenvalue weighted by Gasteiger charge is 2.14. The van der Waals surface area contributed by atoms with Gasteiger partial charge in [0.2, 0.25) is 0 Å². The van der Waals surface area contributed by atoms with Gasteiger partial charge in [0.25, 0.3) is 0 Å². The van der Waals surface area contributed by atoms with Crippen molar-refractivity contribution in [1.29, 1.82) is 0 Å². The van der Waals surface area contributed by atoms with Crippen molar-refractivity contribution in [2.45, 2.75) is 26.3 Å². The fourth-order valence-electron chi connectivity index (χ4n) is 2.23. The molecule has 3 nitrogen and oxygen atoms in total.